The van der Waals surface area contributed by atoms with Gasteiger partial charge in [0, 0.05) is 26.2 Å². The average molecular weight is 647 g/mol. The van der Waals surface area contributed by atoms with E-state index in [0.717, 1.165) is 10.0 Å². The van der Waals surface area contributed by atoms with E-state index in [1.54, 1.807) is 68.8 Å². The highest BCUT2D eigenvalue weighted by Gasteiger charge is 2.25. The first-order valence-corrected chi connectivity index (χ1v) is 13.9. The van der Waals surface area contributed by atoms with E-state index in [1.165, 1.54) is 6.21 Å². The zero-order chi connectivity index (χ0) is 29.8. The van der Waals surface area contributed by atoms with Crippen LogP contribution >= 0.6 is 27.5 Å². The lowest BCUT2D eigenvalue weighted by Gasteiger charge is -2.10. The molecule has 0 saturated carbocycles. The van der Waals surface area contributed by atoms with Crippen molar-refractivity contribution < 1.29 is 23.8 Å². The summed E-state index contributed by atoms with van der Waals surface area (Å²) in [5.41, 5.74) is 6.34. The van der Waals surface area contributed by atoms with Crippen molar-refractivity contribution in [2.75, 3.05) is 14.2 Å². The van der Waals surface area contributed by atoms with E-state index in [4.69, 9.17) is 25.8 Å². The molecule has 0 unspecified atom stereocenters. The molecule has 0 aliphatic heterocycles. The summed E-state index contributed by atoms with van der Waals surface area (Å²) in [4.78, 5) is 29.5. The van der Waals surface area contributed by atoms with E-state index in [9.17, 15) is 9.59 Å². The number of hydrogen-bond donors (Lipinski definition) is 2. The van der Waals surface area contributed by atoms with Crippen molar-refractivity contribution in [3.63, 3.8) is 0 Å². The Balaban J connectivity index is 1.49. The van der Waals surface area contributed by atoms with Gasteiger partial charge < -0.3 is 19.2 Å². The van der Waals surface area contributed by atoms with Crippen molar-refractivity contribution in [1.29, 1.82) is 0 Å². The number of carbonyl (C=O) groups excluding carboxylic acids is 2. The Bertz CT molecular complexity index is 1850. The van der Waals surface area contributed by atoms with Crippen molar-refractivity contribution >= 4 is 56.5 Å². The topological polar surface area (TPSA) is 102 Å². The maximum Gasteiger partial charge on any atom is 0.343 e. The first-order valence-electron chi connectivity index (χ1n) is 12.7. The Hall–Kier alpha value is -4.60. The summed E-state index contributed by atoms with van der Waals surface area (Å²) < 4.78 is 17.6. The number of rotatable bonds is 8. The molecule has 0 radical (unpaired) electrons. The highest BCUT2D eigenvalue weighted by molar-refractivity contribution is 9.10. The van der Waals surface area contributed by atoms with E-state index in [-0.39, 0.29) is 11.4 Å². The highest BCUT2D eigenvalue weighted by Crippen LogP contribution is 2.44. The number of nitrogens with one attached hydrogen (secondary N) is 2. The molecule has 5 aromatic rings. The number of esters is 1. The van der Waals surface area contributed by atoms with Crippen molar-refractivity contribution in [2.24, 2.45) is 5.10 Å². The molecule has 0 spiro atoms. The zero-order valence-corrected chi connectivity index (χ0v) is 25.2. The molecular weight excluding hydrogens is 622 g/mol. The summed E-state index contributed by atoms with van der Waals surface area (Å²) in [6, 6.07) is 23.0. The first-order chi connectivity index (χ1) is 20.3. The normalized spacial score (nSPS) is 11.1. The van der Waals surface area contributed by atoms with Gasteiger partial charge in [-0.3, -0.25) is 4.79 Å². The van der Waals surface area contributed by atoms with Gasteiger partial charge in [-0.05, 0) is 55.5 Å². The van der Waals surface area contributed by atoms with Crippen LogP contribution in [-0.2, 0) is 0 Å². The second kappa shape index (κ2) is 12.5. The van der Waals surface area contributed by atoms with Crippen molar-refractivity contribution in [1.82, 2.24) is 10.4 Å². The van der Waals surface area contributed by atoms with Crippen LogP contribution in [0.15, 0.2) is 88.4 Å². The summed E-state index contributed by atoms with van der Waals surface area (Å²) in [6.07, 6.45) is 1.40. The molecular formula is C32H25BrClN3O5. The number of ether oxygens (including phenoxy) is 3. The molecule has 212 valence electrons. The molecule has 1 aromatic heterocycles. The number of halogens is 2. The molecule has 0 bridgehead atoms. The highest BCUT2D eigenvalue weighted by atomic mass is 79.9. The number of carbonyl (C=O) groups is 2. The van der Waals surface area contributed by atoms with Gasteiger partial charge in [0.05, 0.1) is 36.9 Å². The summed E-state index contributed by atoms with van der Waals surface area (Å²) >= 11 is 10.0. The van der Waals surface area contributed by atoms with Gasteiger partial charge in [-0.15, -0.1) is 0 Å². The van der Waals surface area contributed by atoms with E-state index in [1.807, 2.05) is 31.2 Å². The van der Waals surface area contributed by atoms with Gasteiger partial charge in [0.1, 0.15) is 22.9 Å². The van der Waals surface area contributed by atoms with Gasteiger partial charge >= 0.3 is 5.97 Å². The van der Waals surface area contributed by atoms with Crippen LogP contribution in [0.25, 0.3) is 22.0 Å². The third-order valence-corrected chi connectivity index (χ3v) is 7.31. The number of hydrazone groups is 1. The average Bonchev–Trinajstić information content (AvgIpc) is 3.39. The molecule has 0 fully saturated rings. The standard InChI is InChI=1S/C32H25BrClN3O5/c1-18-7-6-8-19(15-18)32(39)42-24-12-11-21(33)16-20(24)17-35-37-31(38)30-27(22-9-4-5-10-23(22)34)28-25(40-2)13-14-26(41-3)29(28)36-30/h4-17,36H,1-3H3,(H,37,38). The molecule has 1 heterocycles. The van der Waals surface area contributed by atoms with Crippen molar-refractivity contribution in [3.05, 3.63) is 111 Å². The van der Waals surface area contributed by atoms with Crippen LogP contribution < -0.4 is 19.6 Å². The summed E-state index contributed by atoms with van der Waals surface area (Å²) in [5, 5.41) is 5.26. The molecule has 0 aliphatic rings. The fraction of sp³-hybridized carbons (Fsp3) is 0.0938. The number of aryl methyl sites for hydroxylation is 1. The molecule has 4 aromatic carbocycles. The lowest BCUT2D eigenvalue weighted by molar-refractivity contribution is 0.0734. The number of aromatic amines is 1. The van der Waals surface area contributed by atoms with Crippen LogP contribution in [0.5, 0.6) is 17.2 Å². The lowest BCUT2D eigenvalue weighted by atomic mass is 10.0. The fourth-order valence-electron chi connectivity index (χ4n) is 4.55. The number of methoxy groups -OCH3 is 2. The number of fused-ring (bicyclic) bond motifs is 1. The minimum Gasteiger partial charge on any atom is -0.496 e. The molecule has 5 rings (SSSR count). The zero-order valence-electron chi connectivity index (χ0n) is 22.8. The maximum absolute atomic E-state index is 13.6. The predicted octanol–water partition coefficient (Wildman–Crippen LogP) is 7.56. The van der Waals surface area contributed by atoms with Crippen molar-refractivity contribution in [2.45, 2.75) is 6.92 Å². The van der Waals surface area contributed by atoms with E-state index >= 15 is 0 Å². The van der Waals surface area contributed by atoms with Gasteiger partial charge in [-0.25, -0.2) is 10.2 Å². The van der Waals surface area contributed by atoms with Gasteiger partial charge in [0.15, 0.2) is 0 Å². The molecule has 1 amide bonds. The van der Waals surface area contributed by atoms with Crippen LogP contribution in [-0.4, -0.2) is 37.3 Å². The molecule has 0 aliphatic carbocycles. The van der Waals surface area contributed by atoms with Gasteiger partial charge in [-0.1, -0.05) is 63.4 Å². The number of amides is 1. The quantitative estimate of drug-likeness (QED) is 0.0784. The Morgan fingerprint density at radius 1 is 0.929 bits per heavy atom. The molecule has 10 heteroatoms. The molecule has 2 N–H and O–H groups in total. The number of H-pyrrole nitrogens is 1. The van der Waals surface area contributed by atoms with Crippen LogP contribution in [0, 0.1) is 6.92 Å². The van der Waals surface area contributed by atoms with E-state index < -0.39 is 11.9 Å². The van der Waals surface area contributed by atoms with Crippen LogP contribution in [0.3, 0.4) is 0 Å². The smallest absolute Gasteiger partial charge is 0.343 e. The number of hydrogen-bond acceptors (Lipinski definition) is 6. The monoisotopic (exact) mass is 645 g/mol. The molecule has 0 saturated heterocycles. The van der Waals surface area contributed by atoms with Gasteiger partial charge in [0.2, 0.25) is 0 Å². The fourth-order valence-corrected chi connectivity index (χ4v) is 5.16. The number of aromatic nitrogens is 1. The predicted molar refractivity (Wildman–Crippen MR) is 167 cm³/mol. The van der Waals surface area contributed by atoms with Crippen LogP contribution in [0.4, 0.5) is 0 Å². The minimum absolute atomic E-state index is 0.207. The van der Waals surface area contributed by atoms with Crippen LogP contribution in [0.2, 0.25) is 5.02 Å². The Labute approximate surface area is 255 Å². The maximum atomic E-state index is 13.6. The Kier molecular flexibility index (Phi) is 8.61. The third kappa shape index (κ3) is 5.88. The number of nitrogens with zero attached hydrogens (tertiary/aromatic N) is 1. The minimum atomic E-state index is -0.533. The SMILES string of the molecule is COc1ccc(OC)c2c(-c3ccccc3Cl)c(C(=O)NN=Cc3cc(Br)ccc3OC(=O)c3cccc(C)c3)[nH]c12. The van der Waals surface area contributed by atoms with Crippen molar-refractivity contribution in [3.8, 4) is 28.4 Å². The molecule has 0 atom stereocenters. The van der Waals surface area contributed by atoms with Crippen LogP contribution in [0.1, 0.15) is 32.0 Å². The summed E-state index contributed by atoms with van der Waals surface area (Å²) in [7, 11) is 3.10. The molecule has 8 nitrogen and oxygen atoms in total. The summed E-state index contributed by atoms with van der Waals surface area (Å²) in [5.74, 6) is 0.295. The second-order valence-electron chi connectivity index (χ2n) is 9.22. The Morgan fingerprint density at radius 2 is 1.67 bits per heavy atom. The van der Waals surface area contributed by atoms with E-state index in [2.05, 4.69) is 31.4 Å². The second-order valence-corrected chi connectivity index (χ2v) is 10.5. The summed E-state index contributed by atoms with van der Waals surface area (Å²) in [6.45, 7) is 1.90. The van der Waals surface area contributed by atoms with E-state index in [0.29, 0.717) is 49.7 Å². The Morgan fingerprint density at radius 3 is 2.40 bits per heavy atom. The number of benzene rings is 4. The molecule has 42 heavy (non-hydrogen) atoms. The van der Waals surface area contributed by atoms with Gasteiger partial charge in [-0.2, -0.15) is 5.10 Å². The first kappa shape index (κ1) is 28.9. The largest absolute Gasteiger partial charge is 0.496 e. The lowest BCUT2D eigenvalue weighted by Crippen LogP contribution is -2.19. The third-order valence-electron chi connectivity index (χ3n) is 6.49. The van der Waals surface area contributed by atoms with Gasteiger partial charge in [0.25, 0.3) is 5.91 Å².